The highest BCUT2D eigenvalue weighted by Crippen LogP contribution is 2.31. The molecular weight excluding hydrogens is 435 g/mol. The lowest BCUT2D eigenvalue weighted by atomic mass is 10.2. The molecule has 2 aromatic carbocycles. The lowest BCUT2D eigenvalue weighted by Crippen LogP contribution is -2.20. The third-order valence-corrected chi connectivity index (χ3v) is 4.93. The van der Waals surface area contributed by atoms with Crippen LogP contribution in [0, 0.1) is 0 Å². The fourth-order valence-electron chi connectivity index (χ4n) is 2.65. The van der Waals surface area contributed by atoms with Gasteiger partial charge in [0.2, 0.25) is 10.1 Å². The van der Waals surface area contributed by atoms with E-state index < -0.39 is 24.3 Å². The van der Waals surface area contributed by atoms with Crippen LogP contribution < -0.4 is 14.8 Å². The second-order valence-corrected chi connectivity index (χ2v) is 7.17. The molecule has 0 aliphatic carbocycles. The van der Waals surface area contributed by atoms with Crippen LogP contribution in [0.1, 0.15) is 5.56 Å². The summed E-state index contributed by atoms with van der Waals surface area (Å²) in [7, 11) is 1.57. The van der Waals surface area contributed by atoms with Gasteiger partial charge in [-0.05, 0) is 42.5 Å². The van der Waals surface area contributed by atoms with E-state index in [1.54, 1.807) is 31.4 Å². The molecule has 8 nitrogen and oxygen atoms in total. The minimum absolute atomic E-state index is 0.0649. The smallest absolute Gasteiger partial charge is 0.416 e. The number of ether oxygens (including phenoxy) is 2. The monoisotopic (exact) mass is 449 g/mol. The van der Waals surface area contributed by atoms with Crippen LogP contribution in [0.15, 0.2) is 48.5 Å². The fourth-order valence-corrected chi connectivity index (χ4v) is 3.41. The normalized spacial score (nSPS) is 11.5. The number of nitrogens with one attached hydrogen (secondary N) is 1. The summed E-state index contributed by atoms with van der Waals surface area (Å²) >= 11 is 1.09. The second-order valence-electron chi connectivity index (χ2n) is 6.22. The maximum atomic E-state index is 12.8. The summed E-state index contributed by atoms with van der Waals surface area (Å²) in [6, 6.07) is 11.5. The molecule has 0 aliphatic rings. The summed E-state index contributed by atoms with van der Waals surface area (Å²) in [5, 5.41) is 15.2. The van der Waals surface area contributed by atoms with Gasteiger partial charge in [0.25, 0.3) is 5.91 Å². The lowest BCUT2D eigenvalue weighted by molar-refractivity contribution is -0.137. The van der Waals surface area contributed by atoms with Gasteiger partial charge in [-0.1, -0.05) is 17.4 Å². The quantitative estimate of drug-likeness (QED) is 0.480. The van der Waals surface area contributed by atoms with E-state index in [9.17, 15) is 18.0 Å². The van der Waals surface area contributed by atoms with E-state index in [-0.39, 0.29) is 10.9 Å². The molecule has 2 heterocycles. The van der Waals surface area contributed by atoms with Crippen molar-refractivity contribution in [3.8, 4) is 22.9 Å². The first kappa shape index (κ1) is 20.6. The third-order valence-electron chi connectivity index (χ3n) is 4.12. The highest BCUT2D eigenvalue weighted by atomic mass is 32.1. The molecule has 0 saturated carbocycles. The first-order valence-electron chi connectivity index (χ1n) is 8.80. The average Bonchev–Trinajstić information content (AvgIpc) is 3.32. The molecule has 4 aromatic rings. The molecule has 12 heteroatoms. The summed E-state index contributed by atoms with van der Waals surface area (Å²) in [6.45, 7) is -0.479. The van der Waals surface area contributed by atoms with Crippen LogP contribution in [0.5, 0.6) is 11.5 Å². The molecule has 0 aliphatic heterocycles. The number of methoxy groups -OCH3 is 1. The van der Waals surface area contributed by atoms with Gasteiger partial charge in [0.1, 0.15) is 11.5 Å². The number of carbonyl (C=O) groups excluding carboxylic acids is 1. The molecule has 31 heavy (non-hydrogen) atoms. The SMILES string of the molecule is COc1ccc(-c2nnc3sc(NC(=O)COc4cccc(C(F)(F)F)c4)nn23)cc1. The van der Waals surface area contributed by atoms with Gasteiger partial charge in [-0.25, -0.2) is 0 Å². The van der Waals surface area contributed by atoms with Crippen LogP contribution in [0.25, 0.3) is 16.3 Å². The Kier molecular flexibility index (Phi) is 5.46. The van der Waals surface area contributed by atoms with E-state index >= 15 is 0 Å². The van der Waals surface area contributed by atoms with Crippen molar-refractivity contribution in [1.29, 1.82) is 0 Å². The number of rotatable bonds is 6. The van der Waals surface area contributed by atoms with Crippen LogP contribution in [0.3, 0.4) is 0 Å². The number of hydrogen-bond donors (Lipinski definition) is 1. The van der Waals surface area contributed by atoms with E-state index in [0.717, 1.165) is 29.0 Å². The van der Waals surface area contributed by atoms with Gasteiger partial charge < -0.3 is 9.47 Å². The Labute approximate surface area is 177 Å². The molecule has 0 unspecified atom stereocenters. The van der Waals surface area contributed by atoms with Crippen molar-refractivity contribution in [3.63, 3.8) is 0 Å². The minimum Gasteiger partial charge on any atom is -0.497 e. The number of carbonyl (C=O) groups is 1. The Morgan fingerprint density at radius 2 is 1.90 bits per heavy atom. The number of halogens is 3. The zero-order chi connectivity index (χ0) is 22.0. The van der Waals surface area contributed by atoms with E-state index in [1.807, 2.05) is 0 Å². The molecule has 0 atom stereocenters. The van der Waals surface area contributed by atoms with Crippen molar-refractivity contribution in [2.75, 3.05) is 19.0 Å². The number of alkyl halides is 3. The van der Waals surface area contributed by atoms with E-state index in [4.69, 9.17) is 9.47 Å². The maximum Gasteiger partial charge on any atom is 0.416 e. The molecule has 0 bridgehead atoms. The number of nitrogens with zero attached hydrogens (tertiary/aromatic N) is 4. The van der Waals surface area contributed by atoms with Gasteiger partial charge in [0.15, 0.2) is 12.4 Å². The van der Waals surface area contributed by atoms with Crippen LogP contribution in [-0.4, -0.2) is 39.4 Å². The topological polar surface area (TPSA) is 90.6 Å². The van der Waals surface area contributed by atoms with Gasteiger partial charge in [-0.2, -0.15) is 17.7 Å². The van der Waals surface area contributed by atoms with Gasteiger partial charge >= 0.3 is 6.18 Å². The van der Waals surface area contributed by atoms with Gasteiger partial charge in [-0.15, -0.1) is 15.3 Å². The average molecular weight is 449 g/mol. The first-order chi connectivity index (χ1) is 14.8. The van der Waals surface area contributed by atoms with Crippen molar-refractivity contribution < 1.29 is 27.4 Å². The van der Waals surface area contributed by atoms with Crippen LogP contribution in [-0.2, 0) is 11.0 Å². The first-order valence-corrected chi connectivity index (χ1v) is 9.62. The summed E-state index contributed by atoms with van der Waals surface area (Å²) < 4.78 is 50.0. The van der Waals surface area contributed by atoms with Gasteiger partial charge in [-0.3, -0.25) is 10.1 Å². The van der Waals surface area contributed by atoms with Crippen LogP contribution >= 0.6 is 11.3 Å². The van der Waals surface area contributed by atoms with E-state index in [0.29, 0.717) is 16.5 Å². The number of hydrogen-bond acceptors (Lipinski definition) is 7. The molecule has 0 saturated heterocycles. The number of anilines is 1. The minimum atomic E-state index is -4.49. The molecule has 160 valence electrons. The standard InChI is InChI=1S/C19H14F3N5O3S/c1-29-13-7-5-11(6-8-13)16-24-25-18-27(16)26-17(31-18)23-15(28)10-30-14-4-2-3-12(9-14)19(20,21)22/h2-9H,10H2,1H3,(H,23,26,28). The number of aromatic nitrogens is 4. The largest absolute Gasteiger partial charge is 0.497 e. The predicted octanol–water partition coefficient (Wildman–Crippen LogP) is 3.90. The summed E-state index contributed by atoms with van der Waals surface area (Å²) in [4.78, 5) is 12.6. The summed E-state index contributed by atoms with van der Waals surface area (Å²) in [6.07, 6.45) is -4.49. The van der Waals surface area contributed by atoms with Crippen LogP contribution in [0.4, 0.5) is 18.3 Å². The van der Waals surface area contributed by atoms with Crippen molar-refractivity contribution in [2.24, 2.45) is 0 Å². The number of benzene rings is 2. The molecule has 2 aromatic heterocycles. The van der Waals surface area contributed by atoms with Crippen molar-refractivity contribution >= 4 is 27.3 Å². The highest BCUT2D eigenvalue weighted by molar-refractivity contribution is 7.20. The number of amides is 1. The molecule has 0 fully saturated rings. The second kappa shape index (κ2) is 8.22. The molecule has 4 rings (SSSR count). The fraction of sp³-hybridized carbons (Fsp3) is 0.158. The lowest BCUT2D eigenvalue weighted by Gasteiger charge is -2.09. The molecule has 0 radical (unpaired) electrons. The van der Waals surface area contributed by atoms with Crippen LogP contribution in [0.2, 0.25) is 0 Å². The number of fused-ring (bicyclic) bond motifs is 1. The summed E-state index contributed by atoms with van der Waals surface area (Å²) in [5.41, 5.74) is -0.102. The maximum absolute atomic E-state index is 12.8. The Hall–Kier alpha value is -3.67. The zero-order valence-electron chi connectivity index (χ0n) is 15.9. The van der Waals surface area contributed by atoms with Gasteiger partial charge in [0, 0.05) is 5.56 Å². The Bertz CT molecular complexity index is 1220. The van der Waals surface area contributed by atoms with Gasteiger partial charge in [0.05, 0.1) is 12.7 Å². The molecule has 0 spiro atoms. The molecule has 1 amide bonds. The van der Waals surface area contributed by atoms with E-state index in [1.165, 1.54) is 16.6 Å². The Balaban J connectivity index is 1.43. The Morgan fingerprint density at radius 3 is 2.61 bits per heavy atom. The molecule has 1 N–H and O–H groups in total. The van der Waals surface area contributed by atoms with Crippen molar-refractivity contribution in [2.45, 2.75) is 6.18 Å². The highest BCUT2D eigenvalue weighted by Gasteiger charge is 2.30. The summed E-state index contributed by atoms with van der Waals surface area (Å²) in [5.74, 6) is 0.532. The van der Waals surface area contributed by atoms with E-state index in [2.05, 4.69) is 20.6 Å². The predicted molar refractivity (Wildman–Crippen MR) is 106 cm³/mol. The molecular formula is C19H14F3N5O3S. The van der Waals surface area contributed by atoms with Crippen molar-refractivity contribution in [1.82, 2.24) is 19.8 Å². The third kappa shape index (κ3) is 4.58. The Morgan fingerprint density at radius 1 is 1.13 bits per heavy atom. The van der Waals surface area contributed by atoms with Crippen molar-refractivity contribution in [3.05, 3.63) is 54.1 Å². The zero-order valence-corrected chi connectivity index (χ0v) is 16.7.